The van der Waals surface area contributed by atoms with E-state index >= 15 is 0 Å². The summed E-state index contributed by atoms with van der Waals surface area (Å²) in [5, 5.41) is 6.20. The Balaban J connectivity index is 0.00000781. The van der Waals surface area contributed by atoms with Gasteiger partial charge in [0.1, 0.15) is 23.9 Å². The van der Waals surface area contributed by atoms with E-state index in [1.807, 2.05) is 13.8 Å². The maximum absolute atomic E-state index is 13.0. The first kappa shape index (κ1) is 38.0. The van der Waals surface area contributed by atoms with Crippen molar-refractivity contribution in [3.05, 3.63) is 29.8 Å². The van der Waals surface area contributed by atoms with Crippen LogP contribution in [0.4, 0.5) is 0 Å². The fraction of sp³-hybridized carbons (Fsp3) is 0.500. The van der Waals surface area contributed by atoms with Crippen molar-refractivity contribution in [2.45, 2.75) is 59.7 Å². The fourth-order valence-corrected chi connectivity index (χ4v) is 5.02. The molecule has 1 aromatic carbocycles. The predicted molar refractivity (Wildman–Crippen MR) is 161 cm³/mol. The zero-order chi connectivity index (χ0) is 31.5. The van der Waals surface area contributed by atoms with E-state index in [0.717, 1.165) is 0 Å². The number of hydrogen-bond acceptors (Lipinski definition) is 12. The number of hydrogen-bond donors (Lipinski definition) is 4. The molecule has 0 aliphatic rings. The van der Waals surface area contributed by atoms with Crippen LogP contribution in [0, 0.1) is 0 Å². The molecule has 1 aromatic rings. The summed E-state index contributed by atoms with van der Waals surface area (Å²) < 4.78 is 10.2. The second-order valence-corrected chi connectivity index (χ2v) is 10.2. The van der Waals surface area contributed by atoms with Crippen molar-refractivity contribution in [3.8, 4) is 5.75 Å². The van der Waals surface area contributed by atoms with E-state index in [1.54, 1.807) is 19.1 Å². The largest absolute Gasteiger partial charge is 0.464 e. The van der Waals surface area contributed by atoms with E-state index in [1.165, 1.54) is 32.9 Å². The monoisotopic (exact) mass is 631 g/mol. The Morgan fingerprint density at radius 3 is 1.83 bits per heavy atom. The van der Waals surface area contributed by atoms with E-state index < -0.39 is 58.0 Å². The first-order chi connectivity index (χ1) is 19.4. The summed E-state index contributed by atoms with van der Waals surface area (Å²) in [5.74, 6) is -3.38. The predicted octanol–water partition coefficient (Wildman–Crippen LogP) is 1.76. The molecule has 0 aliphatic heterocycles. The number of benzene rings is 1. The maximum Gasteiger partial charge on any atom is 0.334 e. The van der Waals surface area contributed by atoms with Crippen molar-refractivity contribution in [2.24, 2.45) is 0 Å². The number of ether oxygens (including phenoxy) is 2. The van der Waals surface area contributed by atoms with Crippen LogP contribution in [0.3, 0.4) is 0 Å². The van der Waals surface area contributed by atoms with Crippen LogP contribution in [0.15, 0.2) is 24.3 Å². The number of carbonyl (C=O) groups excluding carboxylic acids is 7. The fourth-order valence-electron chi connectivity index (χ4n) is 2.90. The Morgan fingerprint density at radius 1 is 0.780 bits per heavy atom. The summed E-state index contributed by atoms with van der Waals surface area (Å²) in [4.78, 5) is 84.8. The third-order valence-corrected chi connectivity index (χ3v) is 6.96. The Kier molecular flexibility index (Phi) is 19.2. The van der Waals surface area contributed by atoms with Gasteiger partial charge in [-0.25, -0.2) is 9.59 Å². The Morgan fingerprint density at radius 2 is 1.29 bits per heavy atom. The van der Waals surface area contributed by atoms with Gasteiger partial charge in [-0.1, -0.05) is 49.5 Å². The molecule has 3 amide bonds. The number of amides is 3. The van der Waals surface area contributed by atoms with Gasteiger partial charge in [0.15, 0.2) is 0 Å². The van der Waals surface area contributed by atoms with Crippen molar-refractivity contribution in [1.29, 1.82) is 0 Å². The van der Waals surface area contributed by atoms with Crippen LogP contribution in [0.2, 0.25) is 0 Å². The minimum absolute atomic E-state index is 0.0274. The summed E-state index contributed by atoms with van der Waals surface area (Å²) in [6.07, 6.45) is 0. The molecule has 3 N–H and O–H groups in total. The van der Waals surface area contributed by atoms with Crippen LogP contribution in [-0.2, 0) is 33.5 Å². The van der Waals surface area contributed by atoms with Gasteiger partial charge in [-0.2, -0.15) is 12.6 Å². The minimum atomic E-state index is -1.11. The number of thioether (sulfide) groups is 2. The van der Waals surface area contributed by atoms with Gasteiger partial charge in [0.2, 0.25) is 28.0 Å². The van der Waals surface area contributed by atoms with Crippen molar-refractivity contribution in [2.75, 3.05) is 23.9 Å². The topological polar surface area (TPSA) is 174 Å². The Bertz CT molecular complexity index is 1090. The van der Waals surface area contributed by atoms with Gasteiger partial charge in [0, 0.05) is 38.0 Å². The van der Waals surface area contributed by atoms with Gasteiger partial charge in [0.25, 0.3) is 0 Å². The number of thiol groups is 1. The number of carbonyl (C=O) groups is 7. The smallest absolute Gasteiger partial charge is 0.334 e. The molecule has 0 saturated carbocycles. The molecule has 0 fully saturated rings. The molecule has 15 heteroatoms. The summed E-state index contributed by atoms with van der Waals surface area (Å²) >= 11 is 5.43. The van der Waals surface area contributed by atoms with Crippen LogP contribution < -0.4 is 20.7 Å². The normalized spacial score (nSPS) is 12.3. The van der Waals surface area contributed by atoms with Crippen molar-refractivity contribution >= 4 is 76.0 Å². The van der Waals surface area contributed by atoms with E-state index in [2.05, 4.69) is 28.6 Å². The summed E-state index contributed by atoms with van der Waals surface area (Å²) in [7, 11) is 0. The third-order valence-electron chi connectivity index (χ3n) is 4.55. The first-order valence-corrected chi connectivity index (χ1v) is 15.2. The van der Waals surface area contributed by atoms with E-state index in [-0.39, 0.29) is 35.2 Å². The number of esters is 2. The lowest BCUT2D eigenvalue weighted by Crippen LogP contribution is -2.44. The molecular formula is C26H37N3O9S3. The highest BCUT2D eigenvalue weighted by Gasteiger charge is 2.28. The zero-order valence-corrected chi connectivity index (χ0v) is 26.3. The molecule has 41 heavy (non-hydrogen) atoms. The van der Waals surface area contributed by atoms with Crippen LogP contribution in [0.25, 0.3) is 0 Å². The van der Waals surface area contributed by atoms with Crippen molar-refractivity contribution in [3.63, 3.8) is 0 Å². The van der Waals surface area contributed by atoms with Crippen LogP contribution >= 0.6 is 36.2 Å². The molecular weight excluding hydrogens is 594 g/mol. The summed E-state index contributed by atoms with van der Waals surface area (Å²) in [6.45, 7) is 9.34. The molecule has 12 nitrogen and oxygen atoms in total. The average molecular weight is 632 g/mol. The van der Waals surface area contributed by atoms with Crippen LogP contribution in [0.1, 0.15) is 51.9 Å². The lowest BCUT2D eigenvalue weighted by Gasteiger charge is -2.19. The van der Waals surface area contributed by atoms with E-state index in [4.69, 9.17) is 9.47 Å². The molecule has 0 saturated heterocycles. The molecule has 0 bridgehead atoms. The molecule has 0 aliphatic carbocycles. The van der Waals surface area contributed by atoms with Crippen molar-refractivity contribution < 1.29 is 43.0 Å². The summed E-state index contributed by atoms with van der Waals surface area (Å²) in [6, 6.07) is 2.71. The first-order valence-electron chi connectivity index (χ1n) is 12.6. The molecule has 1 rings (SSSR count). The lowest BCUT2D eigenvalue weighted by molar-refractivity contribution is -0.146. The molecule has 228 valence electrons. The van der Waals surface area contributed by atoms with Crippen LogP contribution in [0.5, 0.6) is 5.75 Å². The van der Waals surface area contributed by atoms with E-state index in [0.29, 0.717) is 23.5 Å². The number of rotatable bonds is 14. The molecule has 0 aromatic heterocycles. The molecule has 3 unspecified atom stereocenters. The quantitative estimate of drug-likeness (QED) is 0.134. The van der Waals surface area contributed by atoms with Gasteiger partial charge in [-0.15, -0.1) is 0 Å². The molecule has 0 radical (unpaired) electrons. The number of para-hydroxylation sites is 1. The SMILES string of the molecule is CC.CCOC(=O)C(CSC(=O)C(CSC(=O)c1ccccc1OC(=O)C(CS)NC(C)=O)NC(C)=O)NC(C)=O. The highest BCUT2D eigenvalue weighted by Crippen LogP contribution is 2.25. The van der Waals surface area contributed by atoms with Gasteiger partial charge < -0.3 is 25.4 Å². The Hall–Kier alpha value is -3.04. The molecule has 0 heterocycles. The number of nitrogens with one attached hydrogen (secondary N) is 3. The van der Waals surface area contributed by atoms with Crippen LogP contribution in [-0.4, -0.2) is 81.9 Å². The lowest BCUT2D eigenvalue weighted by atomic mass is 10.2. The molecule has 0 spiro atoms. The Labute approximate surface area is 253 Å². The van der Waals surface area contributed by atoms with E-state index in [9.17, 15) is 33.6 Å². The second-order valence-electron chi connectivity index (χ2n) is 7.84. The second kappa shape index (κ2) is 20.8. The highest BCUT2D eigenvalue weighted by molar-refractivity contribution is 8.15. The van der Waals surface area contributed by atoms with Gasteiger partial charge in [-0.3, -0.25) is 24.0 Å². The average Bonchev–Trinajstić information content (AvgIpc) is 2.92. The third kappa shape index (κ3) is 15.0. The zero-order valence-electron chi connectivity index (χ0n) is 23.8. The summed E-state index contributed by atoms with van der Waals surface area (Å²) in [5.41, 5.74) is 0.0336. The standard InChI is InChI=1S/C24H31N3O9S3.C2H6/c1-5-35-21(31)18(26-14(3)29)11-39-24(34)19(27-15(4)30)12-38-23(33)16-8-6-7-9-20(16)36-22(32)17(10-37)25-13(2)28;1-2/h6-9,17-19,37H,5,10-12H2,1-4H3,(H,25,28)(H,26,29)(H,27,30);1-2H3. The van der Waals surface area contributed by atoms with Gasteiger partial charge in [0.05, 0.1) is 12.2 Å². The van der Waals surface area contributed by atoms with Gasteiger partial charge >= 0.3 is 11.9 Å². The highest BCUT2D eigenvalue weighted by atomic mass is 32.2. The minimum Gasteiger partial charge on any atom is -0.464 e. The van der Waals surface area contributed by atoms with Crippen molar-refractivity contribution in [1.82, 2.24) is 16.0 Å². The van der Waals surface area contributed by atoms with Gasteiger partial charge in [-0.05, 0) is 19.1 Å². The molecule has 3 atom stereocenters. The maximum atomic E-state index is 13.0.